The summed E-state index contributed by atoms with van der Waals surface area (Å²) < 4.78 is 45.8. The number of carbonyl (C=O) groups excluding carboxylic acids is 1. The van der Waals surface area contributed by atoms with E-state index in [-0.39, 0.29) is 6.42 Å². The maximum Gasteiger partial charge on any atom is 0.433 e. The molecular formula is C22H18F3N5O2. The lowest BCUT2D eigenvalue weighted by Crippen LogP contribution is -2.23. The molecule has 0 saturated carbocycles. The number of fused-ring (bicyclic) bond motifs is 1. The molecule has 0 spiro atoms. The SMILES string of the molecule is Cn1ccc2c(Oc3ccc(C(Cc4ccc(C(F)(F)F)nc4)C(N)=O)cc3)ncnc21. The van der Waals surface area contributed by atoms with Crippen molar-refractivity contribution in [1.82, 2.24) is 19.5 Å². The lowest BCUT2D eigenvalue weighted by molar-refractivity contribution is -0.141. The molecule has 4 aromatic rings. The molecule has 164 valence electrons. The van der Waals surface area contributed by atoms with Crippen LogP contribution < -0.4 is 10.5 Å². The quantitative estimate of drug-likeness (QED) is 0.488. The molecule has 0 fully saturated rings. The first-order chi connectivity index (χ1) is 15.2. The molecule has 7 nitrogen and oxygen atoms in total. The van der Waals surface area contributed by atoms with Crippen molar-refractivity contribution in [2.45, 2.75) is 18.5 Å². The second kappa shape index (κ2) is 8.29. The number of aryl methyl sites for hydroxylation is 1. The van der Waals surface area contributed by atoms with Gasteiger partial charge in [0.25, 0.3) is 0 Å². The van der Waals surface area contributed by atoms with Gasteiger partial charge in [-0.1, -0.05) is 18.2 Å². The molecule has 1 amide bonds. The third-order valence-electron chi connectivity index (χ3n) is 5.02. The Kier molecular flexibility index (Phi) is 5.52. The summed E-state index contributed by atoms with van der Waals surface area (Å²) >= 11 is 0. The van der Waals surface area contributed by atoms with Gasteiger partial charge in [0.05, 0.1) is 11.3 Å². The number of hydrogen-bond acceptors (Lipinski definition) is 5. The number of nitrogens with zero attached hydrogens (tertiary/aromatic N) is 4. The largest absolute Gasteiger partial charge is 0.438 e. The van der Waals surface area contributed by atoms with E-state index in [4.69, 9.17) is 10.5 Å². The minimum atomic E-state index is -4.52. The first-order valence-corrected chi connectivity index (χ1v) is 9.57. The van der Waals surface area contributed by atoms with Crippen LogP contribution in [0.5, 0.6) is 11.6 Å². The van der Waals surface area contributed by atoms with Crippen LogP contribution in [0.25, 0.3) is 11.0 Å². The summed E-state index contributed by atoms with van der Waals surface area (Å²) in [4.78, 5) is 23.8. The number of pyridine rings is 1. The third-order valence-corrected chi connectivity index (χ3v) is 5.02. The van der Waals surface area contributed by atoms with Gasteiger partial charge in [0.1, 0.15) is 23.4 Å². The Labute approximate surface area is 180 Å². The number of ether oxygens (including phenoxy) is 1. The summed E-state index contributed by atoms with van der Waals surface area (Å²) in [6.45, 7) is 0. The molecule has 10 heteroatoms. The summed E-state index contributed by atoms with van der Waals surface area (Å²) in [5.41, 5.74) is 6.37. The number of nitrogens with two attached hydrogens (primary N) is 1. The fourth-order valence-electron chi connectivity index (χ4n) is 3.35. The summed E-state index contributed by atoms with van der Waals surface area (Å²) in [6, 6.07) is 10.7. The van der Waals surface area contributed by atoms with Crippen molar-refractivity contribution in [3.63, 3.8) is 0 Å². The molecule has 3 heterocycles. The van der Waals surface area contributed by atoms with Gasteiger partial charge >= 0.3 is 6.18 Å². The molecule has 3 aromatic heterocycles. The lowest BCUT2D eigenvalue weighted by Gasteiger charge is -2.15. The van der Waals surface area contributed by atoms with Crippen LogP contribution in [0.3, 0.4) is 0 Å². The number of benzene rings is 1. The zero-order chi connectivity index (χ0) is 22.9. The number of rotatable bonds is 6. The van der Waals surface area contributed by atoms with Gasteiger partial charge in [-0.05, 0) is 41.8 Å². The average Bonchev–Trinajstić information content (AvgIpc) is 3.14. The number of hydrogen-bond donors (Lipinski definition) is 1. The van der Waals surface area contributed by atoms with E-state index in [0.717, 1.165) is 23.3 Å². The van der Waals surface area contributed by atoms with Crippen LogP contribution in [0.2, 0.25) is 0 Å². The topological polar surface area (TPSA) is 95.9 Å². The predicted molar refractivity (Wildman–Crippen MR) is 110 cm³/mol. The molecule has 0 saturated heterocycles. The van der Waals surface area contributed by atoms with E-state index in [2.05, 4.69) is 15.0 Å². The van der Waals surface area contributed by atoms with E-state index < -0.39 is 23.7 Å². The van der Waals surface area contributed by atoms with Crippen LogP contribution >= 0.6 is 0 Å². The highest BCUT2D eigenvalue weighted by Crippen LogP contribution is 2.30. The molecule has 1 atom stereocenters. The van der Waals surface area contributed by atoms with Crippen molar-refractivity contribution in [3.05, 3.63) is 78.0 Å². The maximum absolute atomic E-state index is 12.7. The Morgan fingerprint density at radius 2 is 1.84 bits per heavy atom. The first kappa shape index (κ1) is 21.3. The smallest absolute Gasteiger partial charge is 0.433 e. The second-order valence-corrected chi connectivity index (χ2v) is 7.22. The Hall–Kier alpha value is -3.95. The fraction of sp³-hybridized carbons (Fsp3) is 0.182. The van der Waals surface area contributed by atoms with Crippen molar-refractivity contribution in [1.29, 1.82) is 0 Å². The molecule has 0 aliphatic rings. The van der Waals surface area contributed by atoms with Gasteiger partial charge in [-0.2, -0.15) is 13.2 Å². The van der Waals surface area contributed by atoms with E-state index in [1.165, 1.54) is 12.4 Å². The van der Waals surface area contributed by atoms with Crippen LogP contribution in [-0.2, 0) is 24.4 Å². The molecular weight excluding hydrogens is 423 g/mol. The van der Waals surface area contributed by atoms with Gasteiger partial charge in [0, 0.05) is 19.4 Å². The first-order valence-electron chi connectivity index (χ1n) is 9.57. The van der Waals surface area contributed by atoms with E-state index in [0.29, 0.717) is 22.8 Å². The number of carbonyl (C=O) groups is 1. The monoisotopic (exact) mass is 441 g/mol. The fourth-order valence-corrected chi connectivity index (χ4v) is 3.35. The predicted octanol–water partition coefficient (Wildman–Crippen LogP) is 3.99. The molecule has 4 rings (SSSR count). The van der Waals surface area contributed by atoms with Crippen LogP contribution in [-0.4, -0.2) is 25.4 Å². The molecule has 1 unspecified atom stereocenters. The van der Waals surface area contributed by atoms with Crippen molar-refractivity contribution >= 4 is 16.9 Å². The number of amides is 1. The van der Waals surface area contributed by atoms with E-state index in [1.54, 1.807) is 24.3 Å². The van der Waals surface area contributed by atoms with Crippen molar-refractivity contribution in [2.24, 2.45) is 12.8 Å². The van der Waals surface area contributed by atoms with Crippen molar-refractivity contribution in [3.8, 4) is 11.6 Å². The van der Waals surface area contributed by atoms with Gasteiger partial charge in [-0.25, -0.2) is 9.97 Å². The number of halogens is 3. The van der Waals surface area contributed by atoms with Crippen molar-refractivity contribution in [2.75, 3.05) is 0 Å². The molecule has 0 aliphatic carbocycles. The van der Waals surface area contributed by atoms with Gasteiger partial charge in [-0.15, -0.1) is 0 Å². The van der Waals surface area contributed by atoms with Gasteiger partial charge < -0.3 is 15.0 Å². The highest BCUT2D eigenvalue weighted by molar-refractivity contribution is 5.82. The highest BCUT2D eigenvalue weighted by Gasteiger charge is 2.32. The molecule has 1 aromatic carbocycles. The lowest BCUT2D eigenvalue weighted by atomic mass is 9.92. The second-order valence-electron chi connectivity index (χ2n) is 7.22. The Morgan fingerprint density at radius 1 is 1.09 bits per heavy atom. The molecule has 0 aliphatic heterocycles. The molecule has 0 radical (unpaired) electrons. The van der Waals surface area contributed by atoms with Gasteiger partial charge in [0.2, 0.25) is 11.8 Å². The number of primary amides is 1. The van der Waals surface area contributed by atoms with E-state index in [1.807, 2.05) is 23.9 Å². The highest BCUT2D eigenvalue weighted by atomic mass is 19.4. The van der Waals surface area contributed by atoms with E-state index >= 15 is 0 Å². The maximum atomic E-state index is 12.7. The third kappa shape index (κ3) is 4.39. The summed E-state index contributed by atoms with van der Waals surface area (Å²) in [7, 11) is 1.87. The van der Waals surface area contributed by atoms with Crippen molar-refractivity contribution < 1.29 is 22.7 Å². The van der Waals surface area contributed by atoms with Crippen LogP contribution in [0, 0.1) is 0 Å². The summed E-state index contributed by atoms with van der Waals surface area (Å²) in [5, 5.41) is 0.754. The zero-order valence-corrected chi connectivity index (χ0v) is 16.9. The minimum absolute atomic E-state index is 0.122. The number of aromatic nitrogens is 4. The van der Waals surface area contributed by atoms with Gasteiger partial charge in [-0.3, -0.25) is 9.78 Å². The Bertz CT molecular complexity index is 1250. The number of alkyl halides is 3. The molecule has 0 bridgehead atoms. The van der Waals surface area contributed by atoms with Crippen LogP contribution in [0.1, 0.15) is 22.7 Å². The normalized spacial score (nSPS) is 12.6. The van der Waals surface area contributed by atoms with Crippen LogP contribution in [0.15, 0.2) is 61.2 Å². The minimum Gasteiger partial charge on any atom is -0.438 e. The average molecular weight is 441 g/mol. The standard InChI is InChI=1S/C22H18F3N5O2/c1-30-9-8-16-20(30)28-12-29-21(16)32-15-5-3-14(4-6-15)17(19(26)31)10-13-2-7-18(27-11-13)22(23,24)25/h2-9,11-12,17H,10H2,1H3,(H2,26,31). The van der Waals surface area contributed by atoms with E-state index in [9.17, 15) is 18.0 Å². The summed E-state index contributed by atoms with van der Waals surface area (Å²) in [5.74, 6) is -0.439. The summed E-state index contributed by atoms with van der Waals surface area (Å²) in [6.07, 6.45) is -0.0315. The Balaban J connectivity index is 1.52. The zero-order valence-electron chi connectivity index (χ0n) is 16.9. The van der Waals surface area contributed by atoms with Gasteiger partial charge in [0.15, 0.2) is 0 Å². The molecule has 32 heavy (non-hydrogen) atoms. The molecule has 2 N–H and O–H groups in total. The Morgan fingerprint density at radius 3 is 2.47 bits per heavy atom. The van der Waals surface area contributed by atoms with Crippen LogP contribution in [0.4, 0.5) is 13.2 Å².